The van der Waals surface area contributed by atoms with Crippen LogP contribution in [-0.4, -0.2) is 0 Å². The van der Waals surface area contributed by atoms with Crippen LogP contribution in [0.4, 0.5) is 17.1 Å². The molecule has 1 heterocycles. The molecule has 0 spiro atoms. The number of nitrogens with zero attached hydrogens (tertiary/aromatic N) is 1. The zero-order chi connectivity index (χ0) is 35.8. The predicted octanol–water partition coefficient (Wildman–Crippen LogP) is 14.9. The molecule has 0 atom stereocenters. The van der Waals surface area contributed by atoms with Gasteiger partial charge in [-0.25, -0.2) is 0 Å². The Hall–Kier alpha value is -7.16. The summed E-state index contributed by atoms with van der Waals surface area (Å²) in [5.74, 6) is 0. The number of hydrogen-bond acceptors (Lipinski definition) is 2. The summed E-state index contributed by atoms with van der Waals surface area (Å²) in [6, 6.07) is 75.9. The first-order valence-electron chi connectivity index (χ1n) is 18.4. The molecule has 0 fully saturated rings. The fourth-order valence-corrected chi connectivity index (χ4v) is 7.76. The molecule has 2 nitrogen and oxygen atoms in total. The number of fused-ring (bicyclic) bond motifs is 4. The monoisotopic (exact) mass is 689 g/mol. The molecule has 0 aliphatic rings. The molecule has 9 aromatic carbocycles. The van der Waals surface area contributed by atoms with E-state index in [4.69, 9.17) is 4.42 Å². The summed E-state index contributed by atoms with van der Waals surface area (Å²) in [7, 11) is 0. The first kappa shape index (κ1) is 31.6. The van der Waals surface area contributed by atoms with Gasteiger partial charge in [0.2, 0.25) is 0 Å². The number of benzene rings is 9. The lowest BCUT2D eigenvalue weighted by Gasteiger charge is -2.26. The standard InChI is InChI=1S/C52H35NO/c1-2-11-36(12-3-1)37-23-28-44(29-24-37)53(45-30-25-38(26-31-45)42-27-32-50-49-20-6-7-22-51(49)54-52(50)35-42)46-18-9-16-41(34-46)40-15-8-17-43(33-40)48-21-10-14-39-13-4-5-19-47(39)48/h1-35H. The Kier molecular flexibility index (Phi) is 7.85. The van der Waals surface area contributed by atoms with Crippen molar-refractivity contribution >= 4 is 49.8 Å². The zero-order valence-electron chi connectivity index (χ0n) is 29.6. The third kappa shape index (κ3) is 5.81. The van der Waals surface area contributed by atoms with Gasteiger partial charge < -0.3 is 9.32 Å². The number of hydrogen-bond donors (Lipinski definition) is 0. The van der Waals surface area contributed by atoms with Gasteiger partial charge in [-0.3, -0.25) is 0 Å². The Morgan fingerprint density at radius 1 is 0.278 bits per heavy atom. The van der Waals surface area contributed by atoms with Crippen molar-refractivity contribution in [1.82, 2.24) is 0 Å². The van der Waals surface area contributed by atoms with Gasteiger partial charge in [0.25, 0.3) is 0 Å². The molecule has 0 radical (unpaired) electrons. The summed E-state index contributed by atoms with van der Waals surface area (Å²) < 4.78 is 6.22. The van der Waals surface area contributed by atoms with Crippen molar-refractivity contribution in [3.05, 3.63) is 212 Å². The van der Waals surface area contributed by atoms with Crippen molar-refractivity contribution in [1.29, 1.82) is 0 Å². The largest absolute Gasteiger partial charge is 0.456 e. The summed E-state index contributed by atoms with van der Waals surface area (Å²) in [6.45, 7) is 0. The molecule has 0 saturated heterocycles. The van der Waals surface area contributed by atoms with Crippen molar-refractivity contribution in [3.8, 4) is 44.5 Å². The summed E-state index contributed by atoms with van der Waals surface area (Å²) >= 11 is 0. The first-order valence-corrected chi connectivity index (χ1v) is 18.4. The van der Waals surface area contributed by atoms with E-state index in [1.165, 1.54) is 38.6 Å². The Balaban J connectivity index is 1.04. The van der Waals surface area contributed by atoms with E-state index in [1.54, 1.807) is 0 Å². The SMILES string of the molecule is c1ccc(-c2ccc(N(c3ccc(-c4ccc5c(c4)oc4ccccc45)cc3)c3cccc(-c4cccc(-c5cccc6ccccc56)c4)c3)cc2)cc1. The minimum atomic E-state index is 0.902. The second-order valence-corrected chi connectivity index (χ2v) is 13.8. The average Bonchev–Trinajstić information content (AvgIpc) is 3.63. The smallest absolute Gasteiger partial charge is 0.136 e. The minimum Gasteiger partial charge on any atom is -0.456 e. The van der Waals surface area contributed by atoms with Crippen LogP contribution in [0.15, 0.2) is 217 Å². The van der Waals surface area contributed by atoms with E-state index in [2.05, 4.69) is 205 Å². The van der Waals surface area contributed by atoms with E-state index >= 15 is 0 Å². The van der Waals surface area contributed by atoms with Crippen molar-refractivity contribution in [3.63, 3.8) is 0 Å². The highest BCUT2D eigenvalue weighted by Crippen LogP contribution is 2.40. The van der Waals surface area contributed by atoms with Crippen LogP contribution in [0.3, 0.4) is 0 Å². The summed E-state index contributed by atoms with van der Waals surface area (Å²) in [5.41, 5.74) is 14.5. The number of anilines is 3. The van der Waals surface area contributed by atoms with Crippen LogP contribution in [0.5, 0.6) is 0 Å². The molecule has 0 N–H and O–H groups in total. The molecule has 0 saturated carbocycles. The van der Waals surface area contributed by atoms with E-state index in [0.29, 0.717) is 0 Å². The van der Waals surface area contributed by atoms with Crippen LogP contribution in [0.2, 0.25) is 0 Å². The maximum Gasteiger partial charge on any atom is 0.136 e. The van der Waals surface area contributed by atoms with Crippen LogP contribution in [0, 0.1) is 0 Å². The van der Waals surface area contributed by atoms with Crippen LogP contribution in [0.1, 0.15) is 0 Å². The molecule has 0 amide bonds. The van der Waals surface area contributed by atoms with Crippen molar-refractivity contribution in [2.24, 2.45) is 0 Å². The summed E-state index contributed by atoms with van der Waals surface area (Å²) in [4.78, 5) is 2.35. The van der Waals surface area contributed by atoms with Gasteiger partial charge >= 0.3 is 0 Å². The molecule has 0 bridgehead atoms. The third-order valence-electron chi connectivity index (χ3n) is 10.5. The molecular weight excluding hydrogens is 655 g/mol. The quantitative estimate of drug-likeness (QED) is 0.166. The third-order valence-corrected chi connectivity index (χ3v) is 10.5. The fourth-order valence-electron chi connectivity index (χ4n) is 7.76. The maximum atomic E-state index is 6.22. The lowest BCUT2D eigenvalue weighted by molar-refractivity contribution is 0.669. The first-order chi connectivity index (χ1) is 26.7. The second kappa shape index (κ2) is 13.4. The van der Waals surface area contributed by atoms with Crippen molar-refractivity contribution < 1.29 is 4.42 Å². The van der Waals surface area contributed by atoms with Crippen LogP contribution >= 0.6 is 0 Å². The number of furan rings is 1. The van der Waals surface area contributed by atoms with Crippen molar-refractivity contribution in [2.75, 3.05) is 4.90 Å². The molecule has 10 aromatic rings. The van der Waals surface area contributed by atoms with E-state index < -0.39 is 0 Å². The number of rotatable bonds is 7. The zero-order valence-corrected chi connectivity index (χ0v) is 29.6. The van der Waals surface area contributed by atoms with Gasteiger partial charge in [-0.05, 0) is 116 Å². The topological polar surface area (TPSA) is 16.4 Å². The van der Waals surface area contributed by atoms with E-state index in [9.17, 15) is 0 Å². The van der Waals surface area contributed by atoms with Gasteiger partial charge in [-0.2, -0.15) is 0 Å². The highest BCUT2D eigenvalue weighted by Gasteiger charge is 2.16. The van der Waals surface area contributed by atoms with Gasteiger partial charge in [0, 0.05) is 27.8 Å². The molecule has 0 aliphatic carbocycles. The number of para-hydroxylation sites is 1. The fraction of sp³-hybridized carbons (Fsp3) is 0. The summed E-state index contributed by atoms with van der Waals surface area (Å²) in [6.07, 6.45) is 0. The maximum absolute atomic E-state index is 6.22. The molecule has 0 aliphatic heterocycles. The Bertz CT molecular complexity index is 2920. The van der Waals surface area contributed by atoms with Gasteiger partial charge in [-0.15, -0.1) is 0 Å². The summed E-state index contributed by atoms with van der Waals surface area (Å²) in [5, 5.41) is 4.79. The highest BCUT2D eigenvalue weighted by molar-refractivity contribution is 6.06. The average molecular weight is 690 g/mol. The predicted molar refractivity (Wildman–Crippen MR) is 228 cm³/mol. The Morgan fingerprint density at radius 3 is 1.59 bits per heavy atom. The molecule has 1 aromatic heterocycles. The van der Waals surface area contributed by atoms with Crippen LogP contribution < -0.4 is 4.90 Å². The Labute approximate surface area is 314 Å². The molecule has 10 rings (SSSR count). The van der Waals surface area contributed by atoms with Crippen molar-refractivity contribution in [2.45, 2.75) is 0 Å². The minimum absolute atomic E-state index is 0.902. The van der Waals surface area contributed by atoms with E-state index in [0.717, 1.165) is 55.7 Å². The van der Waals surface area contributed by atoms with E-state index in [1.807, 2.05) is 12.1 Å². The lowest BCUT2D eigenvalue weighted by Crippen LogP contribution is -2.10. The Morgan fingerprint density at radius 2 is 0.796 bits per heavy atom. The van der Waals surface area contributed by atoms with Gasteiger partial charge in [0.15, 0.2) is 0 Å². The normalized spacial score (nSPS) is 11.3. The molecule has 254 valence electrons. The molecule has 2 heteroatoms. The van der Waals surface area contributed by atoms with E-state index in [-0.39, 0.29) is 0 Å². The molecular formula is C52H35NO. The highest BCUT2D eigenvalue weighted by atomic mass is 16.3. The molecule has 0 unspecified atom stereocenters. The van der Waals surface area contributed by atoms with Gasteiger partial charge in [-0.1, -0.05) is 152 Å². The lowest BCUT2D eigenvalue weighted by atomic mass is 9.95. The molecule has 54 heavy (non-hydrogen) atoms. The van der Waals surface area contributed by atoms with Crippen LogP contribution in [-0.2, 0) is 0 Å². The van der Waals surface area contributed by atoms with Crippen LogP contribution in [0.25, 0.3) is 77.2 Å². The van der Waals surface area contributed by atoms with Gasteiger partial charge in [0.05, 0.1) is 0 Å². The van der Waals surface area contributed by atoms with Gasteiger partial charge in [0.1, 0.15) is 11.2 Å². The second-order valence-electron chi connectivity index (χ2n) is 13.8.